The van der Waals surface area contributed by atoms with Gasteiger partial charge in [0, 0.05) is 5.69 Å². The first kappa shape index (κ1) is 27.6. The molecule has 2 N–H and O–H groups in total. The van der Waals surface area contributed by atoms with Gasteiger partial charge >= 0.3 is 5.97 Å². The number of unbranched alkanes of at least 4 members (excludes halogenated alkanes) is 1. The molecule has 0 saturated carbocycles. The second kappa shape index (κ2) is 11.3. The summed E-state index contributed by atoms with van der Waals surface area (Å²) in [5, 5.41) is 0.387. The molecule has 2 heterocycles. The van der Waals surface area contributed by atoms with E-state index in [1.54, 1.807) is 60.7 Å². The fourth-order valence-corrected chi connectivity index (χ4v) is 4.86. The lowest BCUT2D eigenvalue weighted by Gasteiger charge is -2.25. The third-order valence-electron chi connectivity index (χ3n) is 7.18. The fraction of sp³-hybridized carbons (Fsp3) is 0.250. The van der Waals surface area contributed by atoms with Crippen molar-refractivity contribution in [3.05, 3.63) is 104 Å². The number of carbonyl (C=O) groups is 3. The third-order valence-corrected chi connectivity index (χ3v) is 7.18. The van der Waals surface area contributed by atoms with Crippen molar-refractivity contribution in [3.63, 3.8) is 0 Å². The minimum absolute atomic E-state index is 0.0344. The number of anilines is 1. The quantitative estimate of drug-likeness (QED) is 0.228. The van der Waals surface area contributed by atoms with Gasteiger partial charge in [-0.05, 0) is 85.5 Å². The number of hydrogen-bond acceptors (Lipinski definition) is 7. The molecule has 1 unspecified atom stereocenters. The minimum Gasteiger partial charge on any atom is -0.484 e. The Kier molecular flexibility index (Phi) is 7.61. The van der Waals surface area contributed by atoms with E-state index in [2.05, 4.69) is 0 Å². The van der Waals surface area contributed by atoms with Gasteiger partial charge in [0.1, 0.15) is 11.3 Å². The van der Waals surface area contributed by atoms with E-state index in [0.717, 1.165) is 24.0 Å². The van der Waals surface area contributed by atoms with Gasteiger partial charge in [-0.15, -0.1) is 0 Å². The fourth-order valence-electron chi connectivity index (χ4n) is 4.86. The summed E-state index contributed by atoms with van der Waals surface area (Å²) >= 11 is 0. The minimum atomic E-state index is -0.813. The van der Waals surface area contributed by atoms with Crippen LogP contribution in [0.2, 0.25) is 0 Å². The number of esters is 1. The first-order valence-electron chi connectivity index (χ1n) is 13.4. The van der Waals surface area contributed by atoms with Gasteiger partial charge in [0.15, 0.2) is 12.0 Å². The van der Waals surface area contributed by atoms with Crippen molar-refractivity contribution in [1.82, 2.24) is 0 Å². The zero-order valence-electron chi connectivity index (χ0n) is 23.1. The average molecular weight is 555 g/mol. The summed E-state index contributed by atoms with van der Waals surface area (Å²) in [6.45, 7) is 5.89. The maximum atomic E-state index is 13.9. The highest BCUT2D eigenvalue weighted by Gasteiger charge is 2.43. The lowest BCUT2D eigenvalue weighted by molar-refractivity contribution is -0.119. The van der Waals surface area contributed by atoms with Gasteiger partial charge in [-0.1, -0.05) is 25.5 Å². The van der Waals surface area contributed by atoms with Crippen LogP contribution in [-0.4, -0.2) is 31.0 Å². The molecule has 1 aromatic heterocycles. The third kappa shape index (κ3) is 5.30. The van der Waals surface area contributed by atoms with Crippen molar-refractivity contribution in [2.75, 3.05) is 18.1 Å². The molecular formula is C32H30N2O7. The van der Waals surface area contributed by atoms with Crippen LogP contribution in [0.25, 0.3) is 11.0 Å². The van der Waals surface area contributed by atoms with E-state index in [9.17, 15) is 19.2 Å². The van der Waals surface area contributed by atoms with Crippen molar-refractivity contribution in [2.45, 2.75) is 39.7 Å². The standard InChI is InChI=1S/C32H30N2O7/c1-4-5-14-39-32(38)21-6-10-22(11-7-21)34-28(20-8-12-23(13-9-20)40-17-26(33)35)27-29(36)24-15-18(2)19(3)16-25(24)41-30(27)31(34)37/h6-13,15-16,28H,4-5,14,17H2,1-3H3,(H2,33,35). The molecule has 0 spiro atoms. The Hall–Kier alpha value is -4.92. The van der Waals surface area contributed by atoms with Crippen LogP contribution >= 0.6 is 0 Å². The highest BCUT2D eigenvalue weighted by atomic mass is 16.5. The first-order valence-corrected chi connectivity index (χ1v) is 13.4. The molecule has 9 heteroatoms. The number of hydrogen-bond donors (Lipinski definition) is 1. The van der Waals surface area contributed by atoms with Crippen molar-refractivity contribution < 1.29 is 28.3 Å². The van der Waals surface area contributed by atoms with Crippen LogP contribution in [0, 0.1) is 13.8 Å². The summed E-state index contributed by atoms with van der Waals surface area (Å²) in [6.07, 6.45) is 1.68. The number of benzene rings is 3. The van der Waals surface area contributed by atoms with Crippen LogP contribution in [0.1, 0.15) is 69.0 Å². The molecule has 0 saturated heterocycles. The molecule has 0 fully saturated rings. The lowest BCUT2D eigenvalue weighted by atomic mass is 9.97. The molecule has 4 aromatic rings. The Bertz CT molecular complexity index is 1710. The zero-order valence-corrected chi connectivity index (χ0v) is 23.1. The van der Waals surface area contributed by atoms with Crippen molar-refractivity contribution in [1.29, 1.82) is 0 Å². The number of aryl methyl sites for hydroxylation is 2. The molecule has 0 aliphatic carbocycles. The van der Waals surface area contributed by atoms with Crippen LogP contribution in [-0.2, 0) is 9.53 Å². The van der Waals surface area contributed by atoms with Crippen molar-refractivity contribution in [3.8, 4) is 5.75 Å². The molecule has 1 aliphatic rings. The van der Waals surface area contributed by atoms with E-state index in [-0.39, 0.29) is 23.4 Å². The van der Waals surface area contributed by atoms with E-state index in [1.165, 1.54) is 4.90 Å². The second-order valence-electron chi connectivity index (χ2n) is 10.0. The van der Waals surface area contributed by atoms with Gasteiger partial charge in [0.25, 0.3) is 11.8 Å². The van der Waals surface area contributed by atoms with Gasteiger partial charge in [0.05, 0.1) is 29.2 Å². The van der Waals surface area contributed by atoms with E-state index in [1.807, 2.05) is 20.8 Å². The highest BCUT2D eigenvalue weighted by molar-refractivity contribution is 6.11. The Morgan fingerprint density at radius 2 is 1.66 bits per heavy atom. The molecule has 3 aromatic carbocycles. The number of carbonyl (C=O) groups excluding carboxylic acids is 3. The number of primary amides is 1. The van der Waals surface area contributed by atoms with Gasteiger partial charge in [-0.3, -0.25) is 19.3 Å². The number of nitrogens with two attached hydrogens (primary N) is 1. The Balaban J connectivity index is 1.60. The van der Waals surface area contributed by atoms with E-state index >= 15 is 0 Å². The molecule has 5 rings (SSSR count). The van der Waals surface area contributed by atoms with Crippen LogP contribution in [0.15, 0.2) is 69.9 Å². The highest BCUT2D eigenvalue weighted by Crippen LogP contribution is 2.41. The monoisotopic (exact) mass is 554 g/mol. The maximum Gasteiger partial charge on any atom is 0.338 e. The number of ether oxygens (including phenoxy) is 2. The van der Waals surface area contributed by atoms with Crippen molar-refractivity contribution >= 4 is 34.4 Å². The molecule has 41 heavy (non-hydrogen) atoms. The summed E-state index contributed by atoms with van der Waals surface area (Å²) in [5.41, 5.74) is 8.77. The number of amides is 2. The van der Waals surface area contributed by atoms with E-state index < -0.39 is 23.8 Å². The summed E-state index contributed by atoms with van der Waals surface area (Å²) in [6, 6.07) is 15.9. The summed E-state index contributed by atoms with van der Waals surface area (Å²) in [7, 11) is 0. The van der Waals surface area contributed by atoms with Crippen LogP contribution in [0.5, 0.6) is 5.75 Å². The summed E-state index contributed by atoms with van der Waals surface area (Å²) < 4.78 is 16.8. The Morgan fingerprint density at radius 3 is 2.32 bits per heavy atom. The molecule has 9 nitrogen and oxygen atoms in total. The smallest absolute Gasteiger partial charge is 0.338 e. The zero-order chi connectivity index (χ0) is 29.3. The van der Waals surface area contributed by atoms with Crippen LogP contribution < -0.4 is 20.8 Å². The molecule has 0 bridgehead atoms. The van der Waals surface area contributed by atoms with Gasteiger partial charge < -0.3 is 19.6 Å². The van der Waals surface area contributed by atoms with Crippen LogP contribution in [0.4, 0.5) is 5.69 Å². The number of fused-ring (bicyclic) bond motifs is 2. The summed E-state index contributed by atoms with van der Waals surface area (Å²) in [5.74, 6) is -1.16. The van der Waals surface area contributed by atoms with Gasteiger partial charge in [-0.2, -0.15) is 0 Å². The topological polar surface area (TPSA) is 129 Å². The maximum absolute atomic E-state index is 13.9. The molecule has 0 radical (unpaired) electrons. The molecule has 2 amide bonds. The SMILES string of the molecule is CCCCOC(=O)c1ccc(N2C(=O)c3oc4cc(C)c(C)cc4c(=O)c3C2c2ccc(OCC(N)=O)cc2)cc1. The summed E-state index contributed by atoms with van der Waals surface area (Å²) in [4.78, 5) is 52.9. The van der Waals surface area contributed by atoms with E-state index in [4.69, 9.17) is 19.6 Å². The Morgan fingerprint density at radius 1 is 0.976 bits per heavy atom. The molecule has 210 valence electrons. The first-order chi connectivity index (χ1) is 19.7. The molecular weight excluding hydrogens is 524 g/mol. The molecule has 1 atom stereocenters. The predicted octanol–water partition coefficient (Wildman–Crippen LogP) is 4.98. The van der Waals surface area contributed by atoms with Crippen molar-refractivity contribution in [2.24, 2.45) is 5.73 Å². The molecule has 1 aliphatic heterocycles. The normalized spacial score (nSPS) is 14.3. The second-order valence-corrected chi connectivity index (χ2v) is 10.0. The van der Waals surface area contributed by atoms with Crippen LogP contribution in [0.3, 0.4) is 0 Å². The van der Waals surface area contributed by atoms with E-state index in [0.29, 0.717) is 40.1 Å². The average Bonchev–Trinajstić information content (AvgIpc) is 3.25. The lowest BCUT2D eigenvalue weighted by Crippen LogP contribution is -2.29. The van der Waals surface area contributed by atoms with Gasteiger partial charge in [-0.25, -0.2) is 4.79 Å². The van der Waals surface area contributed by atoms with Gasteiger partial charge in [0.2, 0.25) is 5.76 Å². The predicted molar refractivity (Wildman–Crippen MR) is 153 cm³/mol. The number of rotatable bonds is 9. The Labute approximate surface area is 236 Å². The largest absolute Gasteiger partial charge is 0.484 e. The number of nitrogens with zero attached hydrogens (tertiary/aromatic N) is 1.